The Kier molecular flexibility index (Phi) is 3.44. The van der Waals surface area contributed by atoms with Crippen LogP contribution in [0.1, 0.15) is 40.7 Å². The summed E-state index contributed by atoms with van der Waals surface area (Å²) in [6.45, 7) is 5.01. The highest BCUT2D eigenvalue weighted by molar-refractivity contribution is 7.12. The summed E-state index contributed by atoms with van der Waals surface area (Å²) in [6, 6.07) is 2.14. The minimum Gasteiger partial charge on any atom is -0.387 e. The third-order valence-electron chi connectivity index (χ3n) is 2.89. The van der Waals surface area contributed by atoms with Crippen LogP contribution in [0, 0.1) is 13.8 Å². The molecule has 1 aliphatic rings. The van der Waals surface area contributed by atoms with Crippen molar-refractivity contribution >= 4 is 11.3 Å². The largest absolute Gasteiger partial charge is 0.387 e. The second kappa shape index (κ2) is 4.64. The summed E-state index contributed by atoms with van der Waals surface area (Å²) in [5.41, 5.74) is 1.21. The highest BCUT2D eigenvalue weighted by atomic mass is 32.1. The first-order valence-corrected chi connectivity index (χ1v) is 6.35. The van der Waals surface area contributed by atoms with Gasteiger partial charge in [0.05, 0.1) is 12.2 Å². The minimum absolute atomic E-state index is 0.266. The van der Waals surface area contributed by atoms with Crippen molar-refractivity contribution in [2.45, 2.75) is 45.3 Å². The zero-order valence-electron chi connectivity index (χ0n) is 9.32. The molecule has 1 fully saturated rings. The van der Waals surface area contributed by atoms with Crippen LogP contribution in [0.25, 0.3) is 0 Å². The number of hydrogen-bond donors (Lipinski definition) is 1. The summed E-state index contributed by atoms with van der Waals surface area (Å²) in [5, 5.41) is 10.1. The van der Waals surface area contributed by atoms with Gasteiger partial charge in [-0.1, -0.05) is 0 Å². The summed E-state index contributed by atoms with van der Waals surface area (Å²) in [6.07, 6.45) is 2.91. The zero-order chi connectivity index (χ0) is 10.8. The van der Waals surface area contributed by atoms with Crippen LogP contribution < -0.4 is 0 Å². The van der Waals surface area contributed by atoms with E-state index >= 15 is 0 Å². The molecule has 1 aromatic rings. The zero-order valence-corrected chi connectivity index (χ0v) is 10.1. The van der Waals surface area contributed by atoms with Gasteiger partial charge in [-0.05, 0) is 38.3 Å². The predicted molar refractivity (Wildman–Crippen MR) is 62.3 cm³/mol. The monoisotopic (exact) mass is 226 g/mol. The Labute approximate surface area is 94.9 Å². The Bertz CT molecular complexity index is 326. The first-order chi connectivity index (χ1) is 7.16. The predicted octanol–water partition coefficient (Wildman–Crippen LogP) is 2.97. The molecule has 1 saturated heterocycles. The second-order valence-electron chi connectivity index (χ2n) is 4.29. The van der Waals surface area contributed by atoms with E-state index in [1.807, 2.05) is 0 Å². The molecular formula is C12H18O2S. The molecule has 1 N–H and O–H groups in total. The summed E-state index contributed by atoms with van der Waals surface area (Å²) >= 11 is 1.70. The lowest BCUT2D eigenvalue weighted by Gasteiger charge is -2.14. The number of hydrogen-bond acceptors (Lipinski definition) is 3. The maximum atomic E-state index is 10.1. The molecule has 2 rings (SSSR count). The molecule has 15 heavy (non-hydrogen) atoms. The molecule has 84 valence electrons. The summed E-state index contributed by atoms with van der Waals surface area (Å²) < 4.78 is 5.54. The van der Waals surface area contributed by atoms with Crippen LogP contribution in [0.2, 0.25) is 0 Å². The van der Waals surface area contributed by atoms with Crippen molar-refractivity contribution in [2.24, 2.45) is 0 Å². The number of thiophene rings is 1. The molecule has 0 spiro atoms. The summed E-state index contributed by atoms with van der Waals surface area (Å²) in [7, 11) is 0. The van der Waals surface area contributed by atoms with E-state index in [0.29, 0.717) is 0 Å². The van der Waals surface area contributed by atoms with Gasteiger partial charge in [0, 0.05) is 22.8 Å². The topological polar surface area (TPSA) is 29.5 Å². The Morgan fingerprint density at radius 1 is 1.60 bits per heavy atom. The van der Waals surface area contributed by atoms with E-state index in [0.717, 1.165) is 30.7 Å². The van der Waals surface area contributed by atoms with E-state index in [4.69, 9.17) is 4.74 Å². The highest BCUT2D eigenvalue weighted by Crippen LogP contribution is 2.32. The molecule has 0 amide bonds. The normalized spacial score (nSPS) is 23.3. The molecule has 2 nitrogen and oxygen atoms in total. The molecule has 2 unspecified atom stereocenters. The van der Waals surface area contributed by atoms with E-state index in [2.05, 4.69) is 19.9 Å². The number of rotatable bonds is 3. The van der Waals surface area contributed by atoms with Crippen molar-refractivity contribution < 1.29 is 9.84 Å². The smallest absolute Gasteiger partial charge is 0.0909 e. The lowest BCUT2D eigenvalue weighted by Crippen LogP contribution is -2.10. The maximum Gasteiger partial charge on any atom is 0.0909 e. The van der Waals surface area contributed by atoms with Crippen molar-refractivity contribution in [3.63, 3.8) is 0 Å². The van der Waals surface area contributed by atoms with Crippen LogP contribution in [0.3, 0.4) is 0 Å². The van der Waals surface area contributed by atoms with Gasteiger partial charge in [-0.3, -0.25) is 0 Å². The van der Waals surface area contributed by atoms with E-state index < -0.39 is 0 Å². The number of aliphatic hydroxyl groups is 1. The minimum atomic E-state index is -0.341. The third kappa shape index (κ3) is 2.60. The van der Waals surface area contributed by atoms with Gasteiger partial charge < -0.3 is 9.84 Å². The van der Waals surface area contributed by atoms with Gasteiger partial charge in [-0.2, -0.15) is 0 Å². The summed E-state index contributed by atoms with van der Waals surface area (Å²) in [4.78, 5) is 2.39. The van der Waals surface area contributed by atoms with Crippen LogP contribution in [0.15, 0.2) is 6.07 Å². The fourth-order valence-corrected chi connectivity index (χ4v) is 3.21. The van der Waals surface area contributed by atoms with E-state index in [9.17, 15) is 5.11 Å². The third-order valence-corrected chi connectivity index (χ3v) is 4.15. The van der Waals surface area contributed by atoms with Gasteiger partial charge in [0.25, 0.3) is 0 Å². The fourth-order valence-electron chi connectivity index (χ4n) is 2.18. The van der Waals surface area contributed by atoms with Crippen molar-refractivity contribution in [2.75, 3.05) is 6.61 Å². The van der Waals surface area contributed by atoms with Crippen molar-refractivity contribution in [1.82, 2.24) is 0 Å². The molecule has 0 aliphatic carbocycles. The van der Waals surface area contributed by atoms with E-state index in [1.54, 1.807) is 11.3 Å². The van der Waals surface area contributed by atoms with Gasteiger partial charge in [-0.25, -0.2) is 0 Å². The molecule has 1 aliphatic heterocycles. The Hall–Kier alpha value is -0.380. The quantitative estimate of drug-likeness (QED) is 0.858. The average molecular weight is 226 g/mol. The van der Waals surface area contributed by atoms with E-state index in [1.165, 1.54) is 10.4 Å². The molecule has 1 aromatic heterocycles. The Balaban J connectivity index is 2.00. The Morgan fingerprint density at radius 2 is 2.40 bits per heavy atom. The Morgan fingerprint density at radius 3 is 2.93 bits per heavy atom. The molecule has 2 atom stereocenters. The van der Waals surface area contributed by atoms with Crippen LogP contribution in [-0.4, -0.2) is 17.8 Å². The second-order valence-corrected chi connectivity index (χ2v) is 5.58. The lowest BCUT2D eigenvalue weighted by atomic mass is 10.1. The number of aryl methyl sites for hydroxylation is 2. The van der Waals surface area contributed by atoms with Gasteiger partial charge in [0.2, 0.25) is 0 Å². The van der Waals surface area contributed by atoms with Crippen LogP contribution >= 0.6 is 11.3 Å². The van der Waals surface area contributed by atoms with Gasteiger partial charge in [-0.15, -0.1) is 11.3 Å². The van der Waals surface area contributed by atoms with Gasteiger partial charge in [0.1, 0.15) is 0 Å². The van der Waals surface area contributed by atoms with Crippen LogP contribution in [0.5, 0.6) is 0 Å². The first kappa shape index (κ1) is 11.1. The first-order valence-electron chi connectivity index (χ1n) is 5.53. The highest BCUT2D eigenvalue weighted by Gasteiger charge is 2.22. The van der Waals surface area contributed by atoms with Crippen molar-refractivity contribution in [3.05, 3.63) is 21.4 Å². The molecule has 0 saturated carbocycles. The van der Waals surface area contributed by atoms with Crippen molar-refractivity contribution in [1.29, 1.82) is 0 Å². The molecule has 0 radical (unpaired) electrons. The van der Waals surface area contributed by atoms with Crippen LogP contribution in [-0.2, 0) is 4.74 Å². The fraction of sp³-hybridized carbons (Fsp3) is 0.667. The maximum absolute atomic E-state index is 10.1. The lowest BCUT2D eigenvalue weighted by molar-refractivity contribution is 0.0546. The number of aliphatic hydroxyl groups excluding tert-OH is 1. The molecular weight excluding hydrogens is 208 g/mol. The molecule has 2 heterocycles. The average Bonchev–Trinajstić information content (AvgIpc) is 2.75. The van der Waals surface area contributed by atoms with Gasteiger partial charge in [0.15, 0.2) is 0 Å². The number of ether oxygens (including phenoxy) is 1. The van der Waals surface area contributed by atoms with Crippen LogP contribution in [0.4, 0.5) is 0 Å². The van der Waals surface area contributed by atoms with E-state index in [-0.39, 0.29) is 12.2 Å². The SMILES string of the molecule is Cc1cc(C)c(C(O)CC2CCCO2)s1. The molecule has 3 heteroatoms. The summed E-state index contributed by atoms with van der Waals surface area (Å²) in [5.74, 6) is 0. The van der Waals surface area contributed by atoms with Gasteiger partial charge >= 0.3 is 0 Å². The van der Waals surface area contributed by atoms with Crippen molar-refractivity contribution in [3.8, 4) is 0 Å². The standard InChI is InChI=1S/C12H18O2S/c1-8-6-9(2)15-12(8)11(13)7-10-4-3-5-14-10/h6,10-11,13H,3-5,7H2,1-2H3. The molecule has 0 bridgehead atoms. The molecule has 0 aromatic carbocycles.